The van der Waals surface area contributed by atoms with Gasteiger partial charge in [0.15, 0.2) is 0 Å². The van der Waals surface area contributed by atoms with E-state index in [2.05, 4.69) is 173 Å². The number of nitrogens with one attached hydrogen (secondary N) is 1. The third kappa shape index (κ3) is 3.59. The average Bonchev–Trinajstić information content (AvgIpc) is 3.67. The van der Waals surface area contributed by atoms with Crippen LogP contribution in [0, 0.1) is 0 Å². The summed E-state index contributed by atoms with van der Waals surface area (Å²) >= 11 is 0. The number of aromatic amines is 1. The fourth-order valence-corrected chi connectivity index (χ4v) is 7.71. The number of hydrogen-bond acceptors (Lipinski definition) is 0. The zero-order chi connectivity index (χ0) is 30.2. The molecule has 0 fully saturated rings. The van der Waals surface area contributed by atoms with Crippen LogP contribution >= 0.6 is 0 Å². The van der Waals surface area contributed by atoms with Gasteiger partial charge in [0, 0.05) is 38.3 Å². The van der Waals surface area contributed by atoms with Crippen molar-refractivity contribution in [1.82, 2.24) is 9.55 Å². The molecule has 0 amide bonds. The van der Waals surface area contributed by atoms with Gasteiger partial charge in [-0.05, 0) is 86.3 Å². The first kappa shape index (κ1) is 25.2. The molecule has 0 bridgehead atoms. The lowest BCUT2D eigenvalue weighted by molar-refractivity contribution is 1.18. The molecule has 0 saturated carbocycles. The molecule has 2 heteroatoms. The zero-order valence-corrected chi connectivity index (χ0v) is 25.0. The molecule has 1 N–H and O–H groups in total. The summed E-state index contributed by atoms with van der Waals surface area (Å²) in [4.78, 5) is 3.58. The Balaban J connectivity index is 1.27. The highest BCUT2D eigenvalue weighted by Crippen LogP contribution is 2.44. The van der Waals surface area contributed by atoms with Crippen molar-refractivity contribution in [2.45, 2.75) is 0 Å². The molecule has 0 spiro atoms. The largest absolute Gasteiger partial charge is 0.355 e. The Hall–Kier alpha value is -6.12. The standard InChI is InChI=1S/C44H28N2/c1-2-12-29(13-3-1)46-42-21-11-9-19-37(42)44-36-18-7-6-16-33(36)38(27-43(44)46)34-24-23-30(31-14-4-5-15-32(31)34)28-22-25-41-39(26-28)35-17-8-10-20-40(35)45-41/h1-27,45H. The Morgan fingerprint density at radius 3 is 1.74 bits per heavy atom. The second-order valence-electron chi connectivity index (χ2n) is 12.2. The second-order valence-corrected chi connectivity index (χ2v) is 12.2. The Labute approximate surface area is 265 Å². The lowest BCUT2D eigenvalue weighted by atomic mass is 9.89. The monoisotopic (exact) mass is 584 g/mol. The Morgan fingerprint density at radius 2 is 0.935 bits per heavy atom. The number of aromatic nitrogens is 2. The molecule has 10 rings (SSSR count). The lowest BCUT2D eigenvalue weighted by Crippen LogP contribution is -1.94. The van der Waals surface area contributed by atoms with Gasteiger partial charge < -0.3 is 9.55 Å². The zero-order valence-electron chi connectivity index (χ0n) is 25.0. The Morgan fingerprint density at radius 1 is 0.348 bits per heavy atom. The third-order valence-electron chi connectivity index (χ3n) is 9.72. The van der Waals surface area contributed by atoms with Gasteiger partial charge in [-0.3, -0.25) is 0 Å². The number of hydrogen-bond donors (Lipinski definition) is 1. The molecular formula is C44H28N2. The maximum Gasteiger partial charge on any atom is 0.0553 e. The van der Waals surface area contributed by atoms with E-state index in [0.29, 0.717) is 0 Å². The normalized spacial score (nSPS) is 11.9. The first-order valence-corrected chi connectivity index (χ1v) is 15.9. The molecule has 0 aliphatic carbocycles. The van der Waals surface area contributed by atoms with E-state index in [0.717, 1.165) is 0 Å². The maximum absolute atomic E-state index is 3.58. The van der Waals surface area contributed by atoms with Crippen molar-refractivity contribution in [1.29, 1.82) is 0 Å². The van der Waals surface area contributed by atoms with Crippen LogP contribution in [0.4, 0.5) is 0 Å². The van der Waals surface area contributed by atoms with Crippen LogP contribution in [0.1, 0.15) is 0 Å². The summed E-state index contributed by atoms with van der Waals surface area (Å²) in [5, 5.41) is 10.1. The number of H-pyrrole nitrogens is 1. The molecule has 2 nitrogen and oxygen atoms in total. The van der Waals surface area contributed by atoms with Crippen LogP contribution < -0.4 is 0 Å². The van der Waals surface area contributed by atoms with E-state index in [4.69, 9.17) is 0 Å². The average molecular weight is 585 g/mol. The van der Waals surface area contributed by atoms with Crippen molar-refractivity contribution >= 4 is 65.2 Å². The van der Waals surface area contributed by atoms with Gasteiger partial charge in [0.05, 0.1) is 11.0 Å². The molecule has 214 valence electrons. The number of benzene rings is 8. The molecule has 46 heavy (non-hydrogen) atoms. The van der Waals surface area contributed by atoms with Crippen LogP contribution in [0.5, 0.6) is 0 Å². The topological polar surface area (TPSA) is 20.7 Å². The van der Waals surface area contributed by atoms with Gasteiger partial charge in [-0.15, -0.1) is 0 Å². The SMILES string of the molecule is c1ccc(-n2c3ccccc3c3c4ccccc4c(-c4ccc(-c5ccc6[nH]c7ccccc7c6c5)c5ccccc45)cc32)cc1. The van der Waals surface area contributed by atoms with Crippen molar-refractivity contribution in [3.63, 3.8) is 0 Å². The van der Waals surface area contributed by atoms with Crippen molar-refractivity contribution in [3.05, 3.63) is 164 Å². The summed E-state index contributed by atoms with van der Waals surface area (Å²) < 4.78 is 2.42. The van der Waals surface area contributed by atoms with Gasteiger partial charge in [0.2, 0.25) is 0 Å². The molecule has 0 aliphatic heterocycles. The molecule has 8 aromatic carbocycles. The van der Waals surface area contributed by atoms with E-state index in [1.165, 1.54) is 93.1 Å². The first-order valence-electron chi connectivity index (χ1n) is 15.9. The predicted molar refractivity (Wildman–Crippen MR) is 196 cm³/mol. The van der Waals surface area contributed by atoms with Crippen molar-refractivity contribution in [2.75, 3.05) is 0 Å². The highest BCUT2D eigenvalue weighted by atomic mass is 15.0. The van der Waals surface area contributed by atoms with E-state index < -0.39 is 0 Å². The summed E-state index contributed by atoms with van der Waals surface area (Å²) in [5.74, 6) is 0. The van der Waals surface area contributed by atoms with Crippen molar-refractivity contribution in [2.24, 2.45) is 0 Å². The highest BCUT2D eigenvalue weighted by Gasteiger charge is 2.19. The van der Waals surface area contributed by atoms with Gasteiger partial charge in [-0.1, -0.05) is 121 Å². The predicted octanol–water partition coefficient (Wildman–Crippen LogP) is 12.1. The summed E-state index contributed by atoms with van der Waals surface area (Å²) in [6.07, 6.45) is 0. The van der Waals surface area contributed by atoms with Crippen molar-refractivity contribution in [3.8, 4) is 27.9 Å². The van der Waals surface area contributed by atoms with Gasteiger partial charge >= 0.3 is 0 Å². The fourth-order valence-electron chi connectivity index (χ4n) is 7.71. The summed E-state index contributed by atoms with van der Waals surface area (Å²) in [7, 11) is 0. The van der Waals surface area contributed by atoms with E-state index in [1.807, 2.05) is 0 Å². The van der Waals surface area contributed by atoms with Crippen LogP contribution in [0.25, 0.3) is 93.1 Å². The molecule has 0 radical (unpaired) electrons. The number of para-hydroxylation sites is 3. The quantitative estimate of drug-likeness (QED) is 0.213. The fraction of sp³-hybridized carbons (Fsp3) is 0. The van der Waals surface area contributed by atoms with E-state index in [1.54, 1.807) is 0 Å². The highest BCUT2D eigenvalue weighted by molar-refractivity contribution is 6.25. The molecule has 2 heterocycles. The molecular weight excluding hydrogens is 556 g/mol. The summed E-state index contributed by atoms with van der Waals surface area (Å²) in [6.45, 7) is 0. The maximum atomic E-state index is 3.58. The number of fused-ring (bicyclic) bond motifs is 9. The molecule has 2 aromatic heterocycles. The Bertz CT molecular complexity index is 2800. The van der Waals surface area contributed by atoms with Crippen LogP contribution in [0.3, 0.4) is 0 Å². The van der Waals surface area contributed by atoms with Gasteiger partial charge in [0.25, 0.3) is 0 Å². The summed E-state index contributed by atoms with van der Waals surface area (Å²) in [6, 6.07) is 59.8. The van der Waals surface area contributed by atoms with Gasteiger partial charge in [-0.2, -0.15) is 0 Å². The molecule has 0 saturated heterocycles. The molecule has 0 atom stereocenters. The van der Waals surface area contributed by atoms with Crippen LogP contribution in [-0.4, -0.2) is 9.55 Å². The number of rotatable bonds is 3. The minimum atomic E-state index is 1.17. The first-order chi connectivity index (χ1) is 22.8. The lowest BCUT2D eigenvalue weighted by Gasteiger charge is -2.16. The third-order valence-corrected chi connectivity index (χ3v) is 9.72. The van der Waals surface area contributed by atoms with Crippen molar-refractivity contribution < 1.29 is 0 Å². The minimum absolute atomic E-state index is 1.17. The molecule has 0 aliphatic rings. The number of nitrogens with zero attached hydrogens (tertiary/aromatic N) is 1. The van der Waals surface area contributed by atoms with Crippen LogP contribution in [-0.2, 0) is 0 Å². The molecule has 10 aromatic rings. The minimum Gasteiger partial charge on any atom is -0.355 e. The van der Waals surface area contributed by atoms with Gasteiger partial charge in [-0.25, -0.2) is 0 Å². The second kappa shape index (κ2) is 9.69. The van der Waals surface area contributed by atoms with E-state index in [9.17, 15) is 0 Å². The molecule has 0 unspecified atom stereocenters. The Kier molecular flexibility index (Phi) is 5.31. The smallest absolute Gasteiger partial charge is 0.0553 e. The summed E-state index contributed by atoms with van der Waals surface area (Å²) in [5.41, 5.74) is 10.9. The van der Waals surface area contributed by atoms with Crippen LogP contribution in [0.2, 0.25) is 0 Å². The van der Waals surface area contributed by atoms with E-state index in [-0.39, 0.29) is 0 Å². The van der Waals surface area contributed by atoms with E-state index >= 15 is 0 Å². The van der Waals surface area contributed by atoms with Crippen LogP contribution in [0.15, 0.2) is 164 Å². The van der Waals surface area contributed by atoms with Gasteiger partial charge in [0.1, 0.15) is 0 Å².